The molecule has 0 saturated carbocycles. The average molecular weight is 336 g/mol. The van der Waals surface area contributed by atoms with E-state index in [1.807, 2.05) is 0 Å². The fraction of sp³-hybridized carbons (Fsp3) is 0.263. The number of hydrogen-bond donors (Lipinski definition) is 0. The lowest BCUT2D eigenvalue weighted by Crippen LogP contribution is -2.32. The monoisotopic (exact) mass is 336 g/mol. The van der Waals surface area contributed by atoms with Crippen molar-refractivity contribution in [3.8, 4) is 11.4 Å². The zero-order valence-corrected chi connectivity index (χ0v) is 14.5. The van der Waals surface area contributed by atoms with Gasteiger partial charge in [-0.3, -0.25) is 9.47 Å². The summed E-state index contributed by atoms with van der Waals surface area (Å²) in [5, 5.41) is 9.81. The first kappa shape index (κ1) is 15.4. The van der Waals surface area contributed by atoms with Gasteiger partial charge in [0.1, 0.15) is 0 Å². The molecule has 2 heterocycles. The van der Waals surface area contributed by atoms with Crippen LogP contribution in [0.4, 0.5) is 0 Å². The Hall–Kier alpha value is -2.11. The van der Waals surface area contributed by atoms with Crippen LogP contribution in [-0.2, 0) is 13.1 Å². The highest BCUT2D eigenvalue weighted by Crippen LogP contribution is 2.29. The van der Waals surface area contributed by atoms with E-state index in [4.69, 9.17) is 0 Å². The number of thioether (sulfide) groups is 1. The number of hydrogen-bond acceptors (Lipinski definition) is 4. The normalized spacial score (nSPS) is 14.5. The second-order valence-electron chi connectivity index (χ2n) is 6.15. The lowest BCUT2D eigenvalue weighted by Gasteiger charge is -2.27. The summed E-state index contributed by atoms with van der Waals surface area (Å²) in [5.74, 6) is 1.93. The number of nitrogens with zero attached hydrogens (tertiary/aromatic N) is 4. The Kier molecular flexibility index (Phi) is 4.36. The van der Waals surface area contributed by atoms with Gasteiger partial charge < -0.3 is 0 Å². The van der Waals surface area contributed by atoms with Gasteiger partial charge in [-0.1, -0.05) is 65.9 Å². The fourth-order valence-corrected chi connectivity index (χ4v) is 3.89. The van der Waals surface area contributed by atoms with E-state index in [9.17, 15) is 0 Å². The predicted octanol–water partition coefficient (Wildman–Crippen LogP) is 3.82. The van der Waals surface area contributed by atoms with E-state index in [0.717, 1.165) is 42.1 Å². The maximum absolute atomic E-state index is 4.43. The van der Waals surface area contributed by atoms with Gasteiger partial charge in [-0.05, 0) is 25.0 Å². The number of rotatable bonds is 4. The third-order valence-electron chi connectivity index (χ3n) is 4.27. The van der Waals surface area contributed by atoms with Crippen LogP contribution in [0.2, 0.25) is 0 Å². The van der Waals surface area contributed by atoms with Gasteiger partial charge in [-0.15, -0.1) is 10.2 Å². The Morgan fingerprint density at radius 1 is 1.04 bits per heavy atom. The molecule has 4 rings (SSSR count). The highest BCUT2D eigenvalue weighted by atomic mass is 32.2. The minimum absolute atomic E-state index is 0.853. The van der Waals surface area contributed by atoms with Crippen LogP contribution in [0.5, 0.6) is 0 Å². The Morgan fingerprint density at radius 2 is 1.92 bits per heavy atom. The van der Waals surface area contributed by atoms with E-state index in [1.165, 1.54) is 11.1 Å². The van der Waals surface area contributed by atoms with Crippen molar-refractivity contribution in [1.82, 2.24) is 19.7 Å². The summed E-state index contributed by atoms with van der Waals surface area (Å²) in [7, 11) is 0. The van der Waals surface area contributed by atoms with Crippen molar-refractivity contribution in [2.75, 3.05) is 12.4 Å². The molecule has 0 N–H and O–H groups in total. The van der Waals surface area contributed by atoms with E-state index in [-0.39, 0.29) is 0 Å². The largest absolute Gasteiger partial charge is 0.288 e. The highest BCUT2D eigenvalue weighted by Gasteiger charge is 2.22. The van der Waals surface area contributed by atoms with Crippen molar-refractivity contribution >= 4 is 11.8 Å². The summed E-state index contributed by atoms with van der Waals surface area (Å²) >= 11 is 1.77. The van der Waals surface area contributed by atoms with Gasteiger partial charge in [0.25, 0.3) is 0 Å². The molecule has 1 aromatic heterocycles. The SMILES string of the molecule is Cc1cccc(-c2nnc3n2CN(CCc2ccccc2)CS3)c1. The first-order chi connectivity index (χ1) is 11.8. The van der Waals surface area contributed by atoms with Gasteiger partial charge in [-0.2, -0.15) is 0 Å². The highest BCUT2D eigenvalue weighted by molar-refractivity contribution is 7.99. The summed E-state index contributed by atoms with van der Waals surface area (Å²) in [6, 6.07) is 19.1. The molecule has 0 unspecified atom stereocenters. The van der Waals surface area contributed by atoms with Crippen molar-refractivity contribution < 1.29 is 0 Å². The van der Waals surface area contributed by atoms with Gasteiger partial charge in [0, 0.05) is 12.1 Å². The lowest BCUT2D eigenvalue weighted by atomic mass is 10.1. The molecule has 0 spiro atoms. The Bertz CT molecular complexity index is 828. The Labute approximate surface area is 146 Å². The summed E-state index contributed by atoms with van der Waals surface area (Å²) in [4.78, 5) is 2.45. The van der Waals surface area contributed by atoms with Crippen molar-refractivity contribution in [3.63, 3.8) is 0 Å². The Morgan fingerprint density at radius 3 is 2.75 bits per heavy atom. The Balaban J connectivity index is 1.51. The van der Waals surface area contributed by atoms with Crippen molar-refractivity contribution in [1.29, 1.82) is 0 Å². The summed E-state index contributed by atoms with van der Waals surface area (Å²) in [5.41, 5.74) is 3.77. The van der Waals surface area contributed by atoms with Crippen molar-refractivity contribution in [3.05, 3.63) is 65.7 Å². The number of aryl methyl sites for hydroxylation is 1. The minimum atomic E-state index is 0.853. The van der Waals surface area contributed by atoms with Gasteiger partial charge in [0.2, 0.25) is 0 Å². The van der Waals surface area contributed by atoms with Crippen LogP contribution >= 0.6 is 11.8 Å². The third-order valence-corrected chi connectivity index (χ3v) is 5.32. The smallest absolute Gasteiger partial charge is 0.193 e. The van der Waals surface area contributed by atoms with Crippen LogP contribution in [0.25, 0.3) is 11.4 Å². The van der Waals surface area contributed by atoms with Gasteiger partial charge in [0.05, 0.1) is 12.5 Å². The third kappa shape index (κ3) is 3.23. The second kappa shape index (κ2) is 6.79. The van der Waals surface area contributed by atoms with Crippen LogP contribution < -0.4 is 0 Å². The summed E-state index contributed by atoms with van der Waals surface area (Å²) in [6.07, 6.45) is 1.07. The standard InChI is InChI=1S/C19H20N4S/c1-15-6-5-9-17(12-15)18-20-21-19-23(18)13-22(14-24-19)11-10-16-7-3-2-4-8-16/h2-9,12H,10-11,13-14H2,1H3. The van der Waals surface area contributed by atoms with Crippen LogP contribution in [0, 0.1) is 6.92 Å². The molecule has 1 aliphatic rings. The van der Waals surface area contributed by atoms with Crippen LogP contribution in [0.15, 0.2) is 59.8 Å². The molecule has 0 saturated heterocycles. The molecule has 0 bridgehead atoms. The number of aromatic nitrogens is 3. The fourth-order valence-electron chi connectivity index (χ4n) is 2.98. The van der Waals surface area contributed by atoms with Gasteiger partial charge >= 0.3 is 0 Å². The molecule has 4 nitrogen and oxygen atoms in total. The predicted molar refractivity (Wildman–Crippen MR) is 97.8 cm³/mol. The van der Waals surface area contributed by atoms with E-state index in [0.29, 0.717) is 0 Å². The maximum atomic E-state index is 4.43. The number of benzene rings is 2. The average Bonchev–Trinajstić information content (AvgIpc) is 3.04. The molecule has 24 heavy (non-hydrogen) atoms. The first-order valence-electron chi connectivity index (χ1n) is 8.19. The lowest BCUT2D eigenvalue weighted by molar-refractivity contribution is 0.242. The molecule has 5 heteroatoms. The molecule has 3 aromatic rings. The molecule has 0 fully saturated rings. The summed E-state index contributed by atoms with van der Waals surface area (Å²) < 4.78 is 2.23. The first-order valence-corrected chi connectivity index (χ1v) is 9.17. The zero-order chi connectivity index (χ0) is 16.4. The van der Waals surface area contributed by atoms with Crippen LogP contribution in [0.1, 0.15) is 11.1 Å². The molecule has 0 aliphatic carbocycles. The molecule has 2 aromatic carbocycles. The van der Waals surface area contributed by atoms with Crippen molar-refractivity contribution in [2.24, 2.45) is 0 Å². The van der Waals surface area contributed by atoms with Crippen LogP contribution in [0.3, 0.4) is 0 Å². The van der Waals surface area contributed by atoms with E-state index < -0.39 is 0 Å². The van der Waals surface area contributed by atoms with E-state index >= 15 is 0 Å². The molecule has 0 amide bonds. The quantitative estimate of drug-likeness (QED) is 0.725. The zero-order valence-electron chi connectivity index (χ0n) is 13.7. The molecule has 1 aliphatic heterocycles. The van der Waals surface area contributed by atoms with Crippen LogP contribution in [-0.4, -0.2) is 32.1 Å². The molecule has 0 atom stereocenters. The van der Waals surface area contributed by atoms with E-state index in [2.05, 4.69) is 81.2 Å². The number of fused-ring (bicyclic) bond motifs is 1. The summed E-state index contributed by atoms with van der Waals surface area (Å²) in [6.45, 7) is 4.01. The van der Waals surface area contributed by atoms with E-state index in [1.54, 1.807) is 11.8 Å². The van der Waals surface area contributed by atoms with Gasteiger partial charge in [0.15, 0.2) is 11.0 Å². The maximum Gasteiger partial charge on any atom is 0.193 e. The van der Waals surface area contributed by atoms with Crippen molar-refractivity contribution in [2.45, 2.75) is 25.2 Å². The molecule has 122 valence electrons. The topological polar surface area (TPSA) is 34.0 Å². The molecular weight excluding hydrogens is 316 g/mol. The van der Waals surface area contributed by atoms with Gasteiger partial charge in [-0.25, -0.2) is 0 Å². The molecular formula is C19H20N4S. The molecule has 0 radical (unpaired) electrons. The second-order valence-corrected chi connectivity index (χ2v) is 7.06. The minimum Gasteiger partial charge on any atom is -0.288 e.